The van der Waals surface area contributed by atoms with Crippen LogP contribution in [0, 0.1) is 0 Å². The Morgan fingerprint density at radius 2 is 1.68 bits per heavy atom. The van der Waals surface area contributed by atoms with Crippen LogP contribution in [0.5, 0.6) is 5.75 Å². The minimum Gasteiger partial charge on any atom is -0.810 e. The molecule has 0 heterocycles. The molecule has 0 aliphatic rings. The van der Waals surface area contributed by atoms with Gasteiger partial charge in [0, 0.05) is 6.16 Å². The number of para-hydroxylation sites is 1. The molecule has 0 unspecified atom stereocenters. The van der Waals surface area contributed by atoms with Crippen molar-refractivity contribution in [3.8, 4) is 5.75 Å². The third-order valence-corrected chi connectivity index (χ3v) is 2.80. The van der Waals surface area contributed by atoms with Crippen molar-refractivity contribution in [2.45, 2.75) is 19.4 Å². The van der Waals surface area contributed by atoms with Crippen LogP contribution in [-0.4, -0.2) is 17.5 Å². The van der Waals surface area contributed by atoms with Crippen molar-refractivity contribution in [3.05, 3.63) is 30.3 Å². The topological polar surface area (TPSA) is 89.5 Å². The van der Waals surface area contributed by atoms with Gasteiger partial charge < -0.3 is 19.1 Å². The molecule has 0 aliphatic heterocycles. The van der Waals surface area contributed by atoms with Crippen molar-refractivity contribution in [2.75, 3.05) is 6.16 Å². The van der Waals surface area contributed by atoms with Crippen molar-refractivity contribution >= 4 is 13.4 Å². The van der Waals surface area contributed by atoms with Gasteiger partial charge in [-0.1, -0.05) is 25.8 Å². The van der Waals surface area contributed by atoms with E-state index in [4.69, 9.17) is 4.74 Å². The fraction of sp³-hybridized carbons (Fsp3) is 0.364. The van der Waals surface area contributed by atoms with Crippen molar-refractivity contribution < 1.29 is 61.6 Å². The molecule has 5 nitrogen and oxygen atoms in total. The van der Waals surface area contributed by atoms with E-state index < -0.39 is 25.1 Å². The number of Topliss-reactive ketones (excluding diaryl/α,β-unsaturated/α-hetero) is 1. The largest absolute Gasteiger partial charge is 1.00 e. The van der Waals surface area contributed by atoms with Gasteiger partial charge in [0.25, 0.3) is 0 Å². The number of benzene rings is 1. The summed E-state index contributed by atoms with van der Waals surface area (Å²) in [5, 5.41) is 0. The average molecular weight is 270 g/mol. The summed E-state index contributed by atoms with van der Waals surface area (Å²) < 4.78 is 15.9. The zero-order valence-electron chi connectivity index (χ0n) is 11.6. The number of ketones is 1. The molecule has 0 fully saturated rings. The molecular formula is C11H13Li2O5P. The molecule has 0 bridgehead atoms. The zero-order chi connectivity index (χ0) is 13.1. The summed E-state index contributed by atoms with van der Waals surface area (Å²) in [6.45, 7) is 2.86. The molecule has 0 spiro atoms. The molecule has 0 saturated heterocycles. The van der Waals surface area contributed by atoms with Gasteiger partial charge in [-0.15, -0.1) is 0 Å². The predicted octanol–water partition coefficient (Wildman–Crippen LogP) is -5.67. The van der Waals surface area contributed by atoms with Crippen LogP contribution in [0.2, 0.25) is 0 Å². The Bertz CT molecular complexity index is 444. The number of rotatable bonds is 5. The van der Waals surface area contributed by atoms with Gasteiger partial charge in [0.15, 0.2) is 11.4 Å². The Balaban J connectivity index is 0. The Morgan fingerprint density at radius 1 is 1.21 bits per heavy atom. The second-order valence-corrected chi connectivity index (χ2v) is 5.66. The van der Waals surface area contributed by atoms with Gasteiger partial charge in [0.05, 0.1) is 0 Å². The molecule has 0 radical (unpaired) electrons. The van der Waals surface area contributed by atoms with Crippen LogP contribution in [0.15, 0.2) is 30.3 Å². The number of hydrogen-bond acceptors (Lipinski definition) is 5. The summed E-state index contributed by atoms with van der Waals surface area (Å²) >= 11 is 0. The van der Waals surface area contributed by atoms with E-state index in [0.29, 0.717) is 5.75 Å². The fourth-order valence-corrected chi connectivity index (χ4v) is 1.94. The predicted molar refractivity (Wildman–Crippen MR) is 58.6 cm³/mol. The molecule has 0 amide bonds. The minimum absolute atomic E-state index is 0. The summed E-state index contributed by atoms with van der Waals surface area (Å²) in [5.41, 5.74) is -1.34. The Labute approximate surface area is 136 Å². The van der Waals surface area contributed by atoms with Crippen LogP contribution < -0.4 is 52.2 Å². The maximum atomic E-state index is 11.6. The molecule has 1 aromatic carbocycles. The van der Waals surface area contributed by atoms with Gasteiger partial charge >= 0.3 is 37.7 Å². The first-order valence-corrected chi connectivity index (χ1v) is 6.72. The fourth-order valence-electron chi connectivity index (χ4n) is 1.21. The molecule has 0 atom stereocenters. The summed E-state index contributed by atoms with van der Waals surface area (Å²) in [6.07, 6.45) is -1.03. The maximum Gasteiger partial charge on any atom is 1.00 e. The Kier molecular flexibility index (Phi) is 9.38. The summed E-state index contributed by atoms with van der Waals surface area (Å²) in [5.74, 6) is -0.313. The van der Waals surface area contributed by atoms with E-state index in [1.807, 2.05) is 0 Å². The molecule has 0 N–H and O–H groups in total. The van der Waals surface area contributed by atoms with Crippen LogP contribution in [0.4, 0.5) is 0 Å². The van der Waals surface area contributed by atoms with Crippen LogP contribution in [-0.2, 0) is 9.36 Å². The summed E-state index contributed by atoms with van der Waals surface area (Å²) in [7, 11) is -4.85. The zero-order valence-corrected chi connectivity index (χ0v) is 12.5. The van der Waals surface area contributed by atoms with E-state index in [2.05, 4.69) is 0 Å². The van der Waals surface area contributed by atoms with Gasteiger partial charge in [-0.05, 0) is 26.0 Å². The number of carbonyl (C=O) groups is 1. The molecule has 1 aromatic rings. The minimum atomic E-state index is -4.85. The number of hydrogen-bond donors (Lipinski definition) is 0. The quantitative estimate of drug-likeness (QED) is 0.393. The first kappa shape index (κ1) is 21.3. The second-order valence-electron chi connectivity index (χ2n) is 4.12. The molecule has 19 heavy (non-hydrogen) atoms. The molecule has 8 heteroatoms. The normalized spacial score (nSPS) is 10.9. The van der Waals surface area contributed by atoms with Crippen LogP contribution in [0.3, 0.4) is 0 Å². The summed E-state index contributed by atoms with van der Waals surface area (Å²) in [6, 6.07) is 8.52. The number of carbonyl (C=O) groups excluding carboxylic acids is 1. The van der Waals surface area contributed by atoms with Crippen molar-refractivity contribution in [2.24, 2.45) is 0 Å². The van der Waals surface area contributed by atoms with E-state index in [0.717, 1.165) is 0 Å². The van der Waals surface area contributed by atoms with Crippen molar-refractivity contribution in [3.63, 3.8) is 0 Å². The van der Waals surface area contributed by atoms with E-state index in [-0.39, 0.29) is 37.7 Å². The van der Waals surface area contributed by atoms with Crippen LogP contribution >= 0.6 is 7.60 Å². The first-order chi connectivity index (χ1) is 7.71. The summed E-state index contributed by atoms with van der Waals surface area (Å²) in [4.78, 5) is 32.7. The van der Waals surface area contributed by atoms with Gasteiger partial charge in [-0.2, -0.15) is 0 Å². The van der Waals surface area contributed by atoms with E-state index in [9.17, 15) is 19.1 Å². The molecule has 0 saturated carbocycles. The maximum absolute atomic E-state index is 11.6. The Morgan fingerprint density at radius 3 is 2.11 bits per heavy atom. The van der Waals surface area contributed by atoms with E-state index in [1.54, 1.807) is 30.3 Å². The smallest absolute Gasteiger partial charge is 0.810 e. The standard InChI is InChI=1S/C11H15O5P.2Li/c1-11(2,10(12)8-17(13,14)15)16-9-6-4-3-5-7-9;;/h3-7H,8H2,1-2H3,(H2,13,14,15);;/q;2*+1/p-2. The van der Waals surface area contributed by atoms with Gasteiger partial charge in [0.1, 0.15) is 5.75 Å². The number of ether oxygens (including phenoxy) is 1. The monoisotopic (exact) mass is 270 g/mol. The molecule has 1 rings (SSSR count). The van der Waals surface area contributed by atoms with E-state index >= 15 is 0 Å². The van der Waals surface area contributed by atoms with Gasteiger partial charge in [-0.25, -0.2) is 0 Å². The van der Waals surface area contributed by atoms with Gasteiger partial charge in [0.2, 0.25) is 0 Å². The first-order valence-electron chi connectivity index (χ1n) is 4.99. The second kappa shape index (κ2) is 8.35. The third-order valence-electron chi connectivity index (χ3n) is 2.12. The van der Waals surface area contributed by atoms with Crippen LogP contribution in [0.1, 0.15) is 13.8 Å². The third kappa shape index (κ3) is 8.03. The molecular weight excluding hydrogens is 257 g/mol. The van der Waals surface area contributed by atoms with Crippen molar-refractivity contribution in [1.82, 2.24) is 0 Å². The molecule has 0 aromatic heterocycles. The molecule has 94 valence electrons. The van der Waals surface area contributed by atoms with Crippen molar-refractivity contribution in [1.29, 1.82) is 0 Å². The van der Waals surface area contributed by atoms with E-state index in [1.165, 1.54) is 13.8 Å². The molecule has 0 aliphatic carbocycles. The Hall–Kier alpha value is 0.0348. The average Bonchev–Trinajstić information content (AvgIpc) is 2.15. The van der Waals surface area contributed by atoms with Crippen LogP contribution in [0.25, 0.3) is 0 Å². The SMILES string of the molecule is CC(C)(Oc1ccccc1)C(=O)CP(=O)([O-])[O-].[Li+].[Li+]. The van der Waals surface area contributed by atoms with Gasteiger partial charge in [-0.3, -0.25) is 4.79 Å².